The van der Waals surface area contributed by atoms with Crippen LogP contribution in [0.25, 0.3) is 0 Å². The number of amides is 1. The largest absolute Gasteiger partial charge is 0.496 e. The lowest BCUT2D eigenvalue weighted by Gasteiger charge is -2.15. The van der Waals surface area contributed by atoms with E-state index in [0.29, 0.717) is 12.3 Å². The van der Waals surface area contributed by atoms with Crippen LogP contribution in [0, 0.1) is 5.82 Å². The monoisotopic (exact) mass is 303 g/mol. The number of carbonyl (C=O) groups is 1. The second-order valence-electron chi connectivity index (χ2n) is 4.74. The molecule has 0 radical (unpaired) electrons. The number of benzene rings is 2. The lowest BCUT2D eigenvalue weighted by atomic mass is 10.2. The number of carbonyl (C=O) groups excluding carboxylic acids is 1. The Labute approximate surface area is 128 Å². The number of halogens is 1. The summed E-state index contributed by atoms with van der Waals surface area (Å²) in [6.07, 6.45) is -0.680. The third-order valence-electron chi connectivity index (χ3n) is 3.14. The predicted molar refractivity (Wildman–Crippen MR) is 81.3 cm³/mol. The first-order valence-electron chi connectivity index (χ1n) is 6.92. The summed E-state index contributed by atoms with van der Waals surface area (Å²) in [5.74, 6) is 0.562. The number of rotatable bonds is 6. The fraction of sp³-hybridized carbons (Fsp3) is 0.235. The maximum Gasteiger partial charge on any atom is 0.261 e. The lowest BCUT2D eigenvalue weighted by Crippen LogP contribution is -2.35. The summed E-state index contributed by atoms with van der Waals surface area (Å²) in [4.78, 5) is 12.0. The molecule has 4 nitrogen and oxygen atoms in total. The Bertz CT molecular complexity index is 628. The molecule has 0 saturated carbocycles. The highest BCUT2D eigenvalue weighted by Gasteiger charge is 2.15. The van der Waals surface area contributed by atoms with E-state index >= 15 is 0 Å². The molecule has 0 aliphatic heterocycles. The average molecular weight is 303 g/mol. The maximum atomic E-state index is 12.8. The molecule has 1 amide bonds. The van der Waals surface area contributed by atoms with Gasteiger partial charge >= 0.3 is 0 Å². The molecule has 0 saturated heterocycles. The average Bonchev–Trinajstić information content (AvgIpc) is 2.54. The van der Waals surface area contributed by atoms with Crippen LogP contribution in [0.5, 0.6) is 11.5 Å². The summed E-state index contributed by atoms with van der Waals surface area (Å²) in [5, 5.41) is 2.79. The van der Waals surface area contributed by atoms with E-state index in [1.807, 2.05) is 24.3 Å². The van der Waals surface area contributed by atoms with Crippen molar-refractivity contribution in [3.8, 4) is 11.5 Å². The van der Waals surface area contributed by atoms with Crippen molar-refractivity contribution >= 4 is 5.91 Å². The summed E-state index contributed by atoms with van der Waals surface area (Å²) >= 11 is 0. The first kappa shape index (κ1) is 15.8. The Morgan fingerprint density at radius 3 is 2.55 bits per heavy atom. The fourth-order valence-electron chi connectivity index (χ4n) is 1.95. The Hall–Kier alpha value is -2.56. The molecule has 5 heteroatoms. The summed E-state index contributed by atoms with van der Waals surface area (Å²) in [7, 11) is 1.58. The van der Waals surface area contributed by atoms with E-state index in [4.69, 9.17) is 9.47 Å². The standard InChI is InChI=1S/C17H18FNO3/c1-12(22-15-9-7-14(18)8-10-15)17(20)19-11-13-5-3-4-6-16(13)21-2/h3-10,12H,11H2,1-2H3,(H,19,20)/t12-/m0/s1. The Morgan fingerprint density at radius 2 is 1.86 bits per heavy atom. The van der Waals surface area contributed by atoms with E-state index in [2.05, 4.69) is 5.32 Å². The summed E-state index contributed by atoms with van der Waals surface area (Å²) in [6, 6.07) is 13.0. The minimum atomic E-state index is -0.680. The number of methoxy groups -OCH3 is 1. The fourth-order valence-corrected chi connectivity index (χ4v) is 1.95. The van der Waals surface area contributed by atoms with Crippen molar-refractivity contribution in [2.45, 2.75) is 19.6 Å². The molecule has 0 aliphatic carbocycles. The van der Waals surface area contributed by atoms with Gasteiger partial charge < -0.3 is 14.8 Å². The third-order valence-corrected chi connectivity index (χ3v) is 3.14. The minimum absolute atomic E-state index is 0.254. The van der Waals surface area contributed by atoms with Crippen LogP contribution in [-0.2, 0) is 11.3 Å². The van der Waals surface area contributed by atoms with Crippen molar-refractivity contribution in [3.63, 3.8) is 0 Å². The van der Waals surface area contributed by atoms with Gasteiger partial charge in [0.2, 0.25) is 0 Å². The van der Waals surface area contributed by atoms with Gasteiger partial charge in [-0.3, -0.25) is 4.79 Å². The molecule has 0 spiro atoms. The first-order valence-corrected chi connectivity index (χ1v) is 6.92. The van der Waals surface area contributed by atoms with Crippen LogP contribution in [0.15, 0.2) is 48.5 Å². The van der Waals surface area contributed by atoms with Crippen molar-refractivity contribution < 1.29 is 18.7 Å². The molecule has 2 aromatic rings. The Kier molecular flexibility index (Phi) is 5.36. The van der Waals surface area contributed by atoms with Crippen LogP contribution in [-0.4, -0.2) is 19.1 Å². The summed E-state index contributed by atoms with van der Waals surface area (Å²) < 4.78 is 23.5. The van der Waals surface area contributed by atoms with E-state index in [-0.39, 0.29) is 11.7 Å². The zero-order valence-electron chi connectivity index (χ0n) is 12.5. The molecule has 0 aromatic heterocycles. The second-order valence-corrected chi connectivity index (χ2v) is 4.74. The highest BCUT2D eigenvalue weighted by atomic mass is 19.1. The second kappa shape index (κ2) is 7.45. The quantitative estimate of drug-likeness (QED) is 0.892. The maximum absolute atomic E-state index is 12.8. The Morgan fingerprint density at radius 1 is 1.18 bits per heavy atom. The van der Waals surface area contributed by atoms with Gasteiger partial charge in [-0.2, -0.15) is 0 Å². The van der Waals surface area contributed by atoms with Crippen molar-refractivity contribution in [3.05, 3.63) is 59.9 Å². The molecule has 2 aromatic carbocycles. The van der Waals surface area contributed by atoms with Gasteiger partial charge in [-0.25, -0.2) is 4.39 Å². The summed E-state index contributed by atoms with van der Waals surface area (Å²) in [5.41, 5.74) is 0.882. The zero-order valence-corrected chi connectivity index (χ0v) is 12.5. The van der Waals surface area contributed by atoms with Crippen LogP contribution < -0.4 is 14.8 Å². The van der Waals surface area contributed by atoms with Crippen LogP contribution >= 0.6 is 0 Å². The van der Waals surface area contributed by atoms with Crippen molar-refractivity contribution in [2.24, 2.45) is 0 Å². The normalized spacial score (nSPS) is 11.6. The van der Waals surface area contributed by atoms with Crippen LogP contribution in [0.4, 0.5) is 4.39 Å². The molecule has 1 N–H and O–H groups in total. The van der Waals surface area contributed by atoms with Crippen molar-refractivity contribution in [1.82, 2.24) is 5.32 Å². The molecular weight excluding hydrogens is 285 g/mol. The minimum Gasteiger partial charge on any atom is -0.496 e. The highest BCUT2D eigenvalue weighted by Crippen LogP contribution is 2.17. The number of nitrogens with one attached hydrogen (secondary N) is 1. The van der Waals surface area contributed by atoms with Gasteiger partial charge in [-0.05, 0) is 37.3 Å². The molecule has 0 aliphatic rings. The SMILES string of the molecule is COc1ccccc1CNC(=O)[C@H](C)Oc1ccc(F)cc1. The zero-order chi connectivity index (χ0) is 15.9. The molecule has 116 valence electrons. The van der Waals surface area contributed by atoms with E-state index in [1.165, 1.54) is 24.3 Å². The summed E-state index contributed by atoms with van der Waals surface area (Å²) in [6.45, 7) is 1.99. The van der Waals surface area contributed by atoms with Crippen LogP contribution in [0.3, 0.4) is 0 Å². The van der Waals surface area contributed by atoms with Crippen LogP contribution in [0.2, 0.25) is 0 Å². The van der Waals surface area contributed by atoms with Gasteiger partial charge in [-0.1, -0.05) is 18.2 Å². The molecule has 1 atom stereocenters. The Balaban J connectivity index is 1.90. The van der Waals surface area contributed by atoms with Gasteiger partial charge in [0.15, 0.2) is 6.10 Å². The van der Waals surface area contributed by atoms with Gasteiger partial charge in [0.05, 0.1) is 7.11 Å². The highest BCUT2D eigenvalue weighted by molar-refractivity contribution is 5.80. The van der Waals surface area contributed by atoms with Gasteiger partial charge in [0.25, 0.3) is 5.91 Å². The molecule has 0 fully saturated rings. The smallest absolute Gasteiger partial charge is 0.261 e. The molecule has 22 heavy (non-hydrogen) atoms. The van der Waals surface area contributed by atoms with Gasteiger partial charge in [0.1, 0.15) is 17.3 Å². The molecular formula is C17H18FNO3. The molecule has 0 bridgehead atoms. The number of ether oxygens (including phenoxy) is 2. The van der Waals surface area contributed by atoms with E-state index in [0.717, 1.165) is 11.3 Å². The number of hydrogen-bond donors (Lipinski definition) is 1. The molecule has 0 heterocycles. The van der Waals surface area contributed by atoms with Crippen molar-refractivity contribution in [1.29, 1.82) is 0 Å². The lowest BCUT2D eigenvalue weighted by molar-refractivity contribution is -0.127. The van der Waals surface area contributed by atoms with Gasteiger partial charge in [-0.15, -0.1) is 0 Å². The number of hydrogen-bond acceptors (Lipinski definition) is 3. The van der Waals surface area contributed by atoms with Crippen molar-refractivity contribution in [2.75, 3.05) is 7.11 Å². The molecule has 2 rings (SSSR count). The van der Waals surface area contributed by atoms with Crippen LogP contribution in [0.1, 0.15) is 12.5 Å². The third kappa shape index (κ3) is 4.22. The van der Waals surface area contributed by atoms with Gasteiger partial charge in [0, 0.05) is 12.1 Å². The van der Waals surface area contributed by atoms with E-state index in [1.54, 1.807) is 14.0 Å². The molecule has 0 unspecified atom stereocenters. The number of para-hydroxylation sites is 1. The first-order chi connectivity index (χ1) is 10.6. The van der Waals surface area contributed by atoms with E-state index < -0.39 is 6.10 Å². The predicted octanol–water partition coefficient (Wildman–Crippen LogP) is 2.92. The topological polar surface area (TPSA) is 47.6 Å². The van der Waals surface area contributed by atoms with E-state index in [9.17, 15) is 9.18 Å².